The van der Waals surface area contributed by atoms with Crippen LogP contribution in [0.25, 0.3) is 11.5 Å². The number of primary amides is 1. The molecular weight excluding hydrogens is 817 g/mol. The van der Waals surface area contributed by atoms with Crippen LogP contribution in [0.2, 0.25) is 0 Å². The van der Waals surface area contributed by atoms with Crippen LogP contribution in [0.15, 0.2) is 47.3 Å². The van der Waals surface area contributed by atoms with Crippen LogP contribution in [0.1, 0.15) is 78.7 Å². The normalized spacial score (nSPS) is 22.1. The van der Waals surface area contributed by atoms with E-state index >= 15 is 8.78 Å². The Kier molecular flexibility index (Phi) is 11.8. The maximum atomic E-state index is 15.1. The zero-order valence-electron chi connectivity index (χ0n) is 32.8. The number of oxazole rings is 1. The second-order valence-corrected chi connectivity index (χ2v) is 16.1. The molecule has 1 aliphatic carbocycles. The number of piperidine rings is 1. The van der Waals surface area contributed by atoms with Crippen molar-refractivity contribution < 1.29 is 49.5 Å². The Hall–Kier alpha value is -5.57. The summed E-state index contributed by atoms with van der Waals surface area (Å²) in [6.07, 6.45) is -1.85. The molecule has 3 N–H and O–H groups in total. The van der Waals surface area contributed by atoms with Crippen LogP contribution in [0.3, 0.4) is 0 Å². The third kappa shape index (κ3) is 9.21. The first-order valence-corrected chi connectivity index (χ1v) is 20.1. The molecule has 1 atom stereocenters. The van der Waals surface area contributed by atoms with Gasteiger partial charge in [0.1, 0.15) is 30.3 Å². The Morgan fingerprint density at radius 2 is 1.67 bits per heavy atom. The Morgan fingerprint density at radius 1 is 0.984 bits per heavy atom. The van der Waals surface area contributed by atoms with E-state index in [0.29, 0.717) is 42.4 Å². The van der Waals surface area contributed by atoms with Gasteiger partial charge in [-0.15, -0.1) is 0 Å². The highest BCUT2D eigenvalue weighted by Crippen LogP contribution is 2.40. The van der Waals surface area contributed by atoms with Gasteiger partial charge in [0.25, 0.3) is 12.3 Å². The van der Waals surface area contributed by atoms with Crippen molar-refractivity contribution >= 4 is 34.9 Å². The van der Waals surface area contributed by atoms with Gasteiger partial charge in [-0.1, -0.05) is 0 Å². The number of imide groups is 1. The first-order valence-electron chi connectivity index (χ1n) is 20.1. The van der Waals surface area contributed by atoms with Crippen LogP contribution in [0.5, 0.6) is 0 Å². The molecule has 6 heterocycles. The standard InChI is InChI=1S/C40H43F7N10O4/c41-28-14-26(15-29(42)34(28)27-5-6-33(58)51-38(27)60)55-17-22(18-55)16-53-9-11-54(12-10-53)24-1-3-25(4-2-24)57-19-31(35(52-57)36(43)44)56(21-40(45,46)47)32-13-23(7-8-49-32)39-50-30(20-61-39)37(48)59/h7-8,13-15,19-20,22,24-25,27,36H,1-6,9-12,16-18,21H2,(H2,48,59)(H,51,58,60)/t24?,25?,27-/m1/s1. The zero-order chi connectivity index (χ0) is 43.2. The van der Waals surface area contributed by atoms with Gasteiger partial charge in [0.2, 0.25) is 17.7 Å². The molecule has 1 saturated carbocycles. The number of carbonyl (C=O) groups excluding carboxylic acids is 3. The molecule has 4 aliphatic rings. The lowest BCUT2D eigenvalue weighted by molar-refractivity contribution is -0.134. The minimum Gasteiger partial charge on any atom is -0.444 e. The molecule has 3 amide bonds. The van der Waals surface area contributed by atoms with Gasteiger partial charge >= 0.3 is 6.18 Å². The number of alkyl halides is 5. The number of amides is 3. The largest absolute Gasteiger partial charge is 0.444 e. The molecule has 4 fully saturated rings. The molecular formula is C40H43F7N10O4. The highest BCUT2D eigenvalue weighted by Gasteiger charge is 2.38. The molecule has 326 valence electrons. The lowest BCUT2D eigenvalue weighted by Crippen LogP contribution is -2.56. The molecule has 8 rings (SSSR count). The van der Waals surface area contributed by atoms with Crippen LogP contribution in [0, 0.1) is 17.6 Å². The molecule has 14 nitrogen and oxygen atoms in total. The van der Waals surface area contributed by atoms with Crippen LogP contribution in [-0.2, 0) is 9.59 Å². The Morgan fingerprint density at radius 3 is 2.30 bits per heavy atom. The van der Waals surface area contributed by atoms with E-state index in [1.54, 1.807) is 0 Å². The number of anilines is 3. The molecule has 21 heteroatoms. The van der Waals surface area contributed by atoms with Gasteiger partial charge in [-0.3, -0.25) is 29.3 Å². The van der Waals surface area contributed by atoms with Crippen molar-refractivity contribution in [1.29, 1.82) is 0 Å². The molecule has 1 aromatic carbocycles. The molecule has 4 aromatic rings. The minimum absolute atomic E-state index is 0.0202. The van der Waals surface area contributed by atoms with E-state index in [1.165, 1.54) is 41.3 Å². The first-order chi connectivity index (χ1) is 29.1. The number of carbonyl (C=O) groups is 3. The number of halogens is 7. The number of rotatable bonds is 12. The summed E-state index contributed by atoms with van der Waals surface area (Å²) in [5, 5.41) is 6.27. The summed E-state index contributed by atoms with van der Waals surface area (Å²) in [6.45, 7) is 3.74. The fourth-order valence-electron chi connectivity index (χ4n) is 8.95. The van der Waals surface area contributed by atoms with E-state index in [9.17, 15) is 36.3 Å². The van der Waals surface area contributed by atoms with Gasteiger partial charge in [-0.05, 0) is 56.4 Å². The second kappa shape index (κ2) is 17.1. The summed E-state index contributed by atoms with van der Waals surface area (Å²) >= 11 is 0. The average Bonchev–Trinajstić information content (AvgIpc) is 3.88. The molecule has 0 spiro atoms. The number of piperazine rings is 1. The summed E-state index contributed by atoms with van der Waals surface area (Å²) in [7, 11) is 0. The van der Waals surface area contributed by atoms with Gasteiger partial charge in [0.05, 0.1) is 17.6 Å². The molecule has 0 radical (unpaired) electrons. The number of hydrogen-bond donors (Lipinski definition) is 2. The van der Waals surface area contributed by atoms with Crippen molar-refractivity contribution in [2.45, 2.75) is 69.1 Å². The summed E-state index contributed by atoms with van der Waals surface area (Å²) < 4.78 is 108. The maximum Gasteiger partial charge on any atom is 0.406 e. The van der Waals surface area contributed by atoms with Gasteiger partial charge < -0.3 is 24.9 Å². The number of pyridine rings is 1. The van der Waals surface area contributed by atoms with Crippen molar-refractivity contribution in [2.24, 2.45) is 11.7 Å². The summed E-state index contributed by atoms with van der Waals surface area (Å²) in [5.74, 6) is -4.81. The highest BCUT2D eigenvalue weighted by molar-refractivity contribution is 6.01. The van der Waals surface area contributed by atoms with Crippen molar-refractivity contribution in [3.8, 4) is 11.5 Å². The number of nitrogens with zero attached hydrogens (tertiary/aromatic N) is 8. The number of aromatic nitrogens is 4. The van der Waals surface area contributed by atoms with Crippen molar-refractivity contribution in [1.82, 2.24) is 34.9 Å². The van der Waals surface area contributed by atoms with Gasteiger partial charge in [-0.25, -0.2) is 27.5 Å². The molecule has 61 heavy (non-hydrogen) atoms. The maximum absolute atomic E-state index is 15.1. The van der Waals surface area contributed by atoms with E-state index in [2.05, 4.69) is 30.2 Å². The number of benzene rings is 1. The van der Waals surface area contributed by atoms with Gasteiger partial charge in [0, 0.05) is 93.4 Å². The molecule has 3 saturated heterocycles. The Balaban J connectivity index is 0.848. The van der Waals surface area contributed by atoms with Crippen LogP contribution in [0.4, 0.5) is 47.9 Å². The quantitative estimate of drug-likeness (QED) is 0.133. The lowest BCUT2D eigenvalue weighted by Gasteiger charge is -2.46. The Bertz CT molecular complexity index is 2240. The van der Waals surface area contributed by atoms with Crippen molar-refractivity contribution in [3.63, 3.8) is 0 Å². The molecule has 0 unspecified atom stereocenters. The van der Waals surface area contributed by atoms with Crippen LogP contribution < -0.4 is 20.9 Å². The van der Waals surface area contributed by atoms with Crippen LogP contribution >= 0.6 is 0 Å². The van der Waals surface area contributed by atoms with Gasteiger partial charge in [0.15, 0.2) is 11.4 Å². The van der Waals surface area contributed by atoms with E-state index in [4.69, 9.17) is 10.2 Å². The lowest BCUT2D eigenvalue weighted by atomic mass is 9.89. The number of nitrogens with two attached hydrogens (primary N) is 1. The Labute approximate surface area is 344 Å². The molecule has 3 aromatic heterocycles. The van der Waals surface area contributed by atoms with E-state index in [1.807, 2.05) is 4.90 Å². The SMILES string of the molecule is NC(=O)c1coc(-c2ccnc(N(CC(F)(F)F)c3cn(C4CCC(N5CCN(CC6CN(c7cc(F)c([C@H]8CCC(=O)NC8=O)c(F)c7)C6)CC5)CC4)nc3C(F)F)c2)n1. The topological polar surface area (TPSA) is 159 Å². The minimum atomic E-state index is -4.81. The van der Waals surface area contributed by atoms with Gasteiger partial charge in [-0.2, -0.15) is 18.3 Å². The van der Waals surface area contributed by atoms with E-state index in [-0.39, 0.29) is 53.5 Å². The third-order valence-corrected chi connectivity index (χ3v) is 12.1. The molecule has 0 bridgehead atoms. The summed E-state index contributed by atoms with van der Waals surface area (Å²) in [5.41, 5.74) is 4.03. The van der Waals surface area contributed by atoms with E-state index in [0.717, 1.165) is 51.8 Å². The van der Waals surface area contributed by atoms with Crippen LogP contribution in [-0.4, -0.2) is 112 Å². The number of nitrogens with one attached hydrogen (secondary N) is 1. The van der Waals surface area contributed by atoms with Crippen molar-refractivity contribution in [2.75, 3.05) is 62.2 Å². The predicted molar refractivity (Wildman–Crippen MR) is 205 cm³/mol. The third-order valence-electron chi connectivity index (χ3n) is 12.1. The first kappa shape index (κ1) is 42.1. The van der Waals surface area contributed by atoms with E-state index < -0.39 is 65.8 Å². The fourth-order valence-corrected chi connectivity index (χ4v) is 8.95. The predicted octanol–water partition coefficient (Wildman–Crippen LogP) is 5.71. The zero-order valence-corrected chi connectivity index (χ0v) is 32.8. The smallest absolute Gasteiger partial charge is 0.406 e. The summed E-state index contributed by atoms with van der Waals surface area (Å²) in [6, 6.07) is 5.01. The highest BCUT2D eigenvalue weighted by atomic mass is 19.4. The molecule has 3 aliphatic heterocycles. The summed E-state index contributed by atoms with van der Waals surface area (Å²) in [4.78, 5) is 50.5. The monoisotopic (exact) mass is 860 g/mol. The average molecular weight is 861 g/mol. The fraction of sp³-hybridized carbons (Fsp3) is 0.500. The number of hydrogen-bond acceptors (Lipinski definition) is 11. The second-order valence-electron chi connectivity index (χ2n) is 16.1. The van der Waals surface area contributed by atoms with Crippen molar-refractivity contribution in [3.05, 3.63) is 71.5 Å².